The molecule has 1 N–H and O–H groups in total. The van der Waals surface area contributed by atoms with Crippen LogP contribution in [0.3, 0.4) is 0 Å². The van der Waals surface area contributed by atoms with Crippen molar-refractivity contribution in [3.05, 3.63) is 58.2 Å². The molecule has 0 aliphatic rings. The van der Waals surface area contributed by atoms with Crippen molar-refractivity contribution < 1.29 is 14.7 Å². The molecule has 0 saturated heterocycles. The van der Waals surface area contributed by atoms with Gasteiger partial charge in [0.2, 0.25) is 0 Å². The molecular weight excluding hydrogens is 276 g/mol. The summed E-state index contributed by atoms with van der Waals surface area (Å²) in [4.78, 5) is 22.3. The molecule has 0 aromatic heterocycles. The predicted molar refractivity (Wildman–Crippen MR) is 89.4 cm³/mol. The number of benzene rings is 1. The van der Waals surface area contributed by atoms with Crippen molar-refractivity contribution in [2.45, 2.75) is 46.5 Å². The van der Waals surface area contributed by atoms with E-state index in [2.05, 4.69) is 6.08 Å². The number of rotatable bonds is 6. The van der Waals surface area contributed by atoms with Crippen LogP contribution >= 0.6 is 0 Å². The summed E-state index contributed by atoms with van der Waals surface area (Å²) in [7, 11) is 0. The highest BCUT2D eigenvalue weighted by atomic mass is 16.4. The van der Waals surface area contributed by atoms with Crippen molar-refractivity contribution in [3.8, 4) is 0 Å². The lowest BCUT2D eigenvalue weighted by Crippen LogP contribution is -2.21. The van der Waals surface area contributed by atoms with Crippen LogP contribution in [0, 0.1) is 6.92 Å². The maximum Gasteiger partial charge on any atom is 0.335 e. The van der Waals surface area contributed by atoms with Gasteiger partial charge in [-0.1, -0.05) is 30.7 Å². The fourth-order valence-electron chi connectivity index (χ4n) is 2.57. The molecule has 1 rings (SSSR count). The Balaban J connectivity index is 3.50. The zero-order valence-electron chi connectivity index (χ0n) is 13.9. The predicted octanol–water partition coefficient (Wildman–Crippen LogP) is 4.45. The zero-order valence-corrected chi connectivity index (χ0v) is 13.9. The third kappa shape index (κ3) is 4.42. The highest BCUT2D eigenvalue weighted by molar-refractivity contribution is 5.88. The van der Waals surface area contributed by atoms with E-state index in [0.29, 0.717) is 12.0 Å². The van der Waals surface area contributed by atoms with E-state index in [1.807, 2.05) is 39.8 Å². The number of carboxylic acid groups (broad SMARTS) is 1. The minimum absolute atomic E-state index is 0.265. The molecule has 0 amide bonds. The van der Waals surface area contributed by atoms with Gasteiger partial charge in [0.25, 0.3) is 0 Å². The van der Waals surface area contributed by atoms with Gasteiger partial charge >= 0.3 is 5.97 Å². The van der Waals surface area contributed by atoms with E-state index in [0.717, 1.165) is 17.4 Å². The lowest BCUT2D eigenvalue weighted by Gasteiger charge is -2.28. The third-order valence-corrected chi connectivity index (χ3v) is 3.77. The quantitative estimate of drug-likeness (QED) is 0.479. The average molecular weight is 300 g/mol. The van der Waals surface area contributed by atoms with Crippen LogP contribution in [-0.2, 0) is 10.2 Å². The van der Waals surface area contributed by atoms with E-state index in [1.54, 1.807) is 19.1 Å². The van der Waals surface area contributed by atoms with Gasteiger partial charge in [-0.05, 0) is 62.9 Å². The Bertz CT molecular complexity index is 634. The second kappa shape index (κ2) is 7.21. The van der Waals surface area contributed by atoms with Crippen LogP contribution in [0.5, 0.6) is 0 Å². The van der Waals surface area contributed by atoms with Crippen LogP contribution in [0.25, 0.3) is 0 Å². The Morgan fingerprint density at radius 1 is 1.27 bits per heavy atom. The first-order chi connectivity index (χ1) is 10.2. The van der Waals surface area contributed by atoms with Crippen molar-refractivity contribution >= 4 is 12.3 Å². The van der Waals surface area contributed by atoms with Crippen molar-refractivity contribution in [2.24, 2.45) is 0 Å². The number of aromatic carboxylic acids is 1. The molecule has 0 fully saturated rings. The van der Waals surface area contributed by atoms with Gasteiger partial charge in [0.15, 0.2) is 0 Å². The fraction of sp³-hybridized carbons (Fsp3) is 0.368. The van der Waals surface area contributed by atoms with Crippen LogP contribution in [0.1, 0.15) is 55.6 Å². The average Bonchev–Trinajstić information content (AvgIpc) is 2.45. The highest BCUT2D eigenvalue weighted by Gasteiger charge is 2.26. The number of hydrogen-bond donors (Lipinski definition) is 1. The summed E-state index contributed by atoms with van der Waals surface area (Å²) in [6.45, 7) is 9.82. The molecule has 0 aliphatic carbocycles. The molecule has 22 heavy (non-hydrogen) atoms. The lowest BCUT2D eigenvalue weighted by molar-refractivity contribution is -0.104. The first-order valence-electron chi connectivity index (χ1n) is 7.32. The van der Waals surface area contributed by atoms with Gasteiger partial charge in [-0.15, -0.1) is 0 Å². The van der Waals surface area contributed by atoms with E-state index in [9.17, 15) is 14.7 Å². The van der Waals surface area contributed by atoms with Crippen LogP contribution in [0.15, 0.2) is 41.5 Å². The van der Waals surface area contributed by atoms with Crippen LogP contribution in [0.4, 0.5) is 0 Å². The molecule has 0 radical (unpaired) electrons. The summed E-state index contributed by atoms with van der Waals surface area (Å²) in [6, 6.07) is 5.15. The molecule has 0 bridgehead atoms. The van der Waals surface area contributed by atoms with Crippen LogP contribution in [0.2, 0.25) is 0 Å². The normalized spacial score (nSPS) is 14.1. The van der Waals surface area contributed by atoms with Gasteiger partial charge in [-0.3, -0.25) is 4.79 Å². The Kier molecular flexibility index (Phi) is 5.86. The molecule has 3 heteroatoms. The number of aryl methyl sites for hydroxylation is 1. The van der Waals surface area contributed by atoms with Gasteiger partial charge in [-0.25, -0.2) is 4.79 Å². The highest BCUT2D eigenvalue weighted by Crippen LogP contribution is 2.34. The number of carbonyl (C=O) groups excluding carboxylic acids is 1. The Hall–Kier alpha value is -2.16. The largest absolute Gasteiger partial charge is 0.478 e. The van der Waals surface area contributed by atoms with Crippen molar-refractivity contribution in [1.82, 2.24) is 0 Å². The molecule has 0 saturated carbocycles. The second-order valence-electron chi connectivity index (χ2n) is 6.24. The molecule has 3 nitrogen and oxygen atoms in total. The van der Waals surface area contributed by atoms with Crippen molar-refractivity contribution in [1.29, 1.82) is 0 Å². The first-order valence-corrected chi connectivity index (χ1v) is 7.32. The first kappa shape index (κ1) is 17.9. The van der Waals surface area contributed by atoms with Gasteiger partial charge in [0.1, 0.15) is 6.29 Å². The molecule has 1 unspecified atom stereocenters. The minimum atomic E-state index is -0.943. The SMILES string of the molecule is CC(C)=CCC(C)(/C=C(\C)C=O)c1cc(C(=O)O)ccc1C. The van der Waals surface area contributed by atoms with Crippen LogP contribution < -0.4 is 0 Å². The molecule has 0 aliphatic heterocycles. The topological polar surface area (TPSA) is 54.4 Å². The standard InChI is InChI=1S/C19H24O3/c1-13(2)8-9-19(5,11-14(3)12-20)17-10-16(18(21)22)7-6-15(17)4/h6-8,10-12H,9H2,1-5H3,(H,21,22)/b14-11+. The van der Waals surface area contributed by atoms with Gasteiger partial charge in [0, 0.05) is 5.41 Å². The Morgan fingerprint density at radius 3 is 2.41 bits per heavy atom. The molecule has 118 valence electrons. The van der Waals surface area contributed by atoms with E-state index in [1.165, 1.54) is 5.57 Å². The molecule has 1 atom stereocenters. The van der Waals surface area contributed by atoms with Gasteiger partial charge in [0.05, 0.1) is 5.56 Å². The number of hydrogen-bond acceptors (Lipinski definition) is 2. The molecular formula is C19H24O3. The second-order valence-corrected chi connectivity index (χ2v) is 6.24. The molecule has 1 aromatic carbocycles. The van der Waals surface area contributed by atoms with Crippen LogP contribution in [-0.4, -0.2) is 17.4 Å². The number of carboxylic acids is 1. The summed E-state index contributed by atoms with van der Waals surface area (Å²) in [6.07, 6.45) is 5.58. The maximum absolute atomic E-state index is 11.3. The minimum Gasteiger partial charge on any atom is -0.478 e. The third-order valence-electron chi connectivity index (χ3n) is 3.77. The maximum atomic E-state index is 11.3. The van der Waals surface area contributed by atoms with Gasteiger partial charge in [-0.2, -0.15) is 0 Å². The molecule has 1 aromatic rings. The fourth-order valence-corrected chi connectivity index (χ4v) is 2.57. The number of aldehydes is 1. The Morgan fingerprint density at radius 2 is 1.91 bits per heavy atom. The zero-order chi connectivity index (χ0) is 16.9. The molecule has 0 spiro atoms. The summed E-state index contributed by atoms with van der Waals surface area (Å²) in [5, 5.41) is 9.23. The monoisotopic (exact) mass is 300 g/mol. The lowest BCUT2D eigenvalue weighted by atomic mass is 9.75. The van der Waals surface area contributed by atoms with Crippen molar-refractivity contribution in [3.63, 3.8) is 0 Å². The summed E-state index contributed by atoms with van der Waals surface area (Å²) < 4.78 is 0. The Labute approximate surface area is 132 Å². The van der Waals surface area contributed by atoms with Gasteiger partial charge < -0.3 is 5.11 Å². The summed E-state index contributed by atoms with van der Waals surface area (Å²) in [5.74, 6) is -0.943. The number of allylic oxidation sites excluding steroid dienone is 4. The molecule has 0 heterocycles. The van der Waals surface area contributed by atoms with E-state index in [-0.39, 0.29) is 5.56 Å². The van der Waals surface area contributed by atoms with E-state index in [4.69, 9.17) is 0 Å². The van der Waals surface area contributed by atoms with E-state index >= 15 is 0 Å². The van der Waals surface area contributed by atoms with E-state index < -0.39 is 11.4 Å². The summed E-state index contributed by atoms with van der Waals surface area (Å²) >= 11 is 0. The summed E-state index contributed by atoms with van der Waals surface area (Å²) in [5.41, 5.74) is 3.63. The van der Waals surface area contributed by atoms with Crippen molar-refractivity contribution in [2.75, 3.05) is 0 Å². The smallest absolute Gasteiger partial charge is 0.335 e. The number of carbonyl (C=O) groups is 2.